The van der Waals surface area contributed by atoms with Gasteiger partial charge in [-0.3, -0.25) is 9.59 Å². The lowest BCUT2D eigenvalue weighted by molar-refractivity contribution is -0.143. The Morgan fingerprint density at radius 2 is 1.96 bits per heavy atom. The van der Waals surface area contributed by atoms with E-state index in [1.54, 1.807) is 14.0 Å². The molecule has 5 nitrogen and oxygen atoms in total. The predicted molar refractivity (Wildman–Crippen MR) is 101 cm³/mol. The zero-order chi connectivity index (χ0) is 18.6. The van der Waals surface area contributed by atoms with E-state index in [0.717, 1.165) is 24.9 Å². The van der Waals surface area contributed by atoms with E-state index in [9.17, 15) is 9.59 Å². The van der Waals surface area contributed by atoms with Gasteiger partial charge in [0, 0.05) is 45.1 Å². The monoisotopic (exact) mass is 356 g/mol. The van der Waals surface area contributed by atoms with E-state index in [1.165, 1.54) is 0 Å². The maximum Gasteiger partial charge on any atom is 0.251 e. The number of likely N-dealkylation sites (tertiary alicyclic amines) is 2. The molecule has 26 heavy (non-hydrogen) atoms. The summed E-state index contributed by atoms with van der Waals surface area (Å²) in [5, 5.41) is 0. The molecular weight excluding hydrogens is 328 g/mol. The number of methoxy groups -OCH3 is 1. The fourth-order valence-electron chi connectivity index (χ4n) is 3.92. The van der Waals surface area contributed by atoms with E-state index in [4.69, 9.17) is 4.74 Å². The molecule has 0 N–H and O–H groups in total. The molecule has 0 saturated carbocycles. The van der Waals surface area contributed by atoms with Crippen LogP contribution in [0.1, 0.15) is 31.7 Å². The van der Waals surface area contributed by atoms with E-state index < -0.39 is 6.10 Å². The lowest BCUT2D eigenvalue weighted by Crippen LogP contribution is -2.47. The quantitative estimate of drug-likeness (QED) is 0.815. The molecule has 1 spiro atoms. The maximum absolute atomic E-state index is 12.5. The molecule has 1 aromatic rings. The van der Waals surface area contributed by atoms with Crippen molar-refractivity contribution in [3.63, 3.8) is 0 Å². The van der Waals surface area contributed by atoms with Crippen LogP contribution in [0.2, 0.25) is 0 Å². The molecule has 3 rings (SSSR count). The van der Waals surface area contributed by atoms with Crippen LogP contribution in [0.5, 0.6) is 0 Å². The van der Waals surface area contributed by atoms with Crippen LogP contribution in [0.4, 0.5) is 0 Å². The Bertz CT molecular complexity index is 663. The van der Waals surface area contributed by atoms with Crippen molar-refractivity contribution in [2.45, 2.75) is 32.3 Å². The SMILES string of the molecule is COC(C)C(=O)N1CCC2(CC1)CC(=O)N(CC=Cc1ccccc1)C2. The van der Waals surface area contributed by atoms with Crippen molar-refractivity contribution in [3.05, 3.63) is 42.0 Å². The molecule has 1 unspecified atom stereocenters. The molecule has 2 aliphatic heterocycles. The largest absolute Gasteiger partial charge is 0.372 e. The van der Waals surface area contributed by atoms with Crippen molar-refractivity contribution in [1.82, 2.24) is 9.80 Å². The molecule has 2 fully saturated rings. The number of benzene rings is 1. The summed E-state index contributed by atoms with van der Waals surface area (Å²) < 4.78 is 5.14. The molecule has 2 amide bonds. The molecule has 2 heterocycles. The normalized spacial score (nSPS) is 20.9. The summed E-state index contributed by atoms with van der Waals surface area (Å²) in [7, 11) is 1.56. The van der Waals surface area contributed by atoms with E-state index in [2.05, 4.69) is 24.3 Å². The second-order valence-corrected chi connectivity index (χ2v) is 7.47. The van der Waals surface area contributed by atoms with Crippen LogP contribution in [0, 0.1) is 5.41 Å². The van der Waals surface area contributed by atoms with Crippen LogP contribution in [0.3, 0.4) is 0 Å². The van der Waals surface area contributed by atoms with Gasteiger partial charge in [-0.05, 0) is 25.3 Å². The summed E-state index contributed by atoms with van der Waals surface area (Å²) in [6.45, 7) is 4.67. The number of piperidine rings is 1. The second kappa shape index (κ2) is 8.04. The number of rotatable bonds is 5. The summed E-state index contributed by atoms with van der Waals surface area (Å²) in [4.78, 5) is 28.5. The predicted octanol–water partition coefficient (Wildman–Crippen LogP) is 2.58. The summed E-state index contributed by atoms with van der Waals surface area (Å²) >= 11 is 0. The smallest absolute Gasteiger partial charge is 0.251 e. The lowest BCUT2D eigenvalue weighted by atomic mass is 9.77. The van der Waals surface area contributed by atoms with Gasteiger partial charge >= 0.3 is 0 Å². The number of hydrogen-bond acceptors (Lipinski definition) is 3. The minimum absolute atomic E-state index is 0.0325. The van der Waals surface area contributed by atoms with Gasteiger partial charge in [0.15, 0.2) is 0 Å². The molecule has 1 atom stereocenters. The zero-order valence-electron chi connectivity index (χ0n) is 15.7. The third-order valence-corrected chi connectivity index (χ3v) is 5.68. The van der Waals surface area contributed by atoms with Gasteiger partial charge in [-0.2, -0.15) is 0 Å². The van der Waals surface area contributed by atoms with Crippen molar-refractivity contribution in [2.24, 2.45) is 5.41 Å². The summed E-state index contributed by atoms with van der Waals surface area (Å²) in [5.41, 5.74) is 1.18. The molecule has 0 aliphatic carbocycles. The minimum atomic E-state index is -0.395. The molecule has 2 aliphatic rings. The van der Waals surface area contributed by atoms with Crippen molar-refractivity contribution in [1.29, 1.82) is 0 Å². The van der Waals surface area contributed by atoms with Crippen molar-refractivity contribution in [2.75, 3.05) is 33.3 Å². The van der Waals surface area contributed by atoms with Crippen LogP contribution >= 0.6 is 0 Å². The fraction of sp³-hybridized carbons (Fsp3) is 0.524. The molecular formula is C21H28N2O3. The van der Waals surface area contributed by atoms with Gasteiger partial charge in [0.1, 0.15) is 6.10 Å². The summed E-state index contributed by atoms with van der Waals surface area (Å²) in [5.74, 6) is 0.280. The first kappa shape index (κ1) is 18.6. The van der Waals surface area contributed by atoms with Crippen molar-refractivity contribution >= 4 is 17.9 Å². The molecule has 1 aromatic carbocycles. The maximum atomic E-state index is 12.5. The van der Waals surface area contributed by atoms with Gasteiger partial charge in [-0.1, -0.05) is 42.5 Å². The molecule has 0 bridgehead atoms. The summed E-state index contributed by atoms with van der Waals surface area (Å²) in [6.07, 6.45) is 6.11. The Kier molecular flexibility index (Phi) is 5.77. The van der Waals surface area contributed by atoms with E-state index in [0.29, 0.717) is 26.1 Å². The van der Waals surface area contributed by atoms with Crippen LogP contribution in [-0.4, -0.2) is 61.0 Å². The topological polar surface area (TPSA) is 49.9 Å². The van der Waals surface area contributed by atoms with Gasteiger partial charge in [-0.15, -0.1) is 0 Å². The zero-order valence-corrected chi connectivity index (χ0v) is 15.7. The van der Waals surface area contributed by atoms with Crippen LogP contribution in [0.25, 0.3) is 6.08 Å². The van der Waals surface area contributed by atoms with Crippen molar-refractivity contribution < 1.29 is 14.3 Å². The average molecular weight is 356 g/mol. The average Bonchev–Trinajstić information content (AvgIpc) is 2.97. The molecule has 0 aromatic heterocycles. The molecule has 0 radical (unpaired) electrons. The highest BCUT2D eigenvalue weighted by molar-refractivity contribution is 5.81. The highest BCUT2D eigenvalue weighted by atomic mass is 16.5. The Labute approximate surface area is 155 Å². The van der Waals surface area contributed by atoms with Crippen LogP contribution < -0.4 is 0 Å². The highest BCUT2D eigenvalue weighted by Gasteiger charge is 2.45. The summed E-state index contributed by atoms with van der Waals surface area (Å²) in [6, 6.07) is 10.1. The number of ether oxygens (including phenoxy) is 1. The van der Waals surface area contributed by atoms with E-state index in [1.807, 2.05) is 28.0 Å². The van der Waals surface area contributed by atoms with Crippen LogP contribution in [-0.2, 0) is 14.3 Å². The Morgan fingerprint density at radius 3 is 2.62 bits per heavy atom. The first-order valence-electron chi connectivity index (χ1n) is 9.34. The van der Waals surface area contributed by atoms with Crippen LogP contribution in [0.15, 0.2) is 36.4 Å². The lowest BCUT2D eigenvalue weighted by Gasteiger charge is -2.39. The second-order valence-electron chi connectivity index (χ2n) is 7.47. The number of hydrogen-bond donors (Lipinski definition) is 0. The standard InChI is InChI=1S/C21H28N2O3/c1-17(26-2)20(25)22-13-10-21(11-14-22)15-19(24)23(16-21)12-6-9-18-7-4-3-5-8-18/h3-9,17H,10-16H2,1-2H3. The number of nitrogens with zero attached hydrogens (tertiary/aromatic N) is 2. The van der Waals surface area contributed by atoms with Gasteiger partial charge < -0.3 is 14.5 Å². The van der Waals surface area contributed by atoms with Gasteiger partial charge in [0.2, 0.25) is 5.91 Å². The Morgan fingerprint density at radius 1 is 1.27 bits per heavy atom. The minimum Gasteiger partial charge on any atom is -0.372 e. The molecule has 140 valence electrons. The first-order valence-corrected chi connectivity index (χ1v) is 9.34. The van der Waals surface area contributed by atoms with Gasteiger partial charge in [0.05, 0.1) is 0 Å². The molecule has 2 saturated heterocycles. The third kappa shape index (κ3) is 4.15. The van der Waals surface area contributed by atoms with Gasteiger partial charge in [0.25, 0.3) is 5.91 Å². The molecule has 5 heteroatoms. The van der Waals surface area contributed by atoms with Gasteiger partial charge in [-0.25, -0.2) is 0 Å². The third-order valence-electron chi connectivity index (χ3n) is 5.68. The Hall–Kier alpha value is -2.14. The number of carbonyl (C=O) groups excluding carboxylic acids is 2. The first-order chi connectivity index (χ1) is 12.5. The van der Waals surface area contributed by atoms with E-state index in [-0.39, 0.29) is 17.2 Å². The fourth-order valence-corrected chi connectivity index (χ4v) is 3.92. The number of carbonyl (C=O) groups is 2. The van der Waals surface area contributed by atoms with Crippen molar-refractivity contribution in [3.8, 4) is 0 Å². The van der Waals surface area contributed by atoms with E-state index >= 15 is 0 Å². The number of amides is 2. The highest BCUT2D eigenvalue weighted by Crippen LogP contribution is 2.41. The Balaban J connectivity index is 1.53.